The molecule has 2 aliphatic heterocycles. The molecule has 0 aliphatic carbocycles. The van der Waals surface area contributed by atoms with Gasteiger partial charge >= 0.3 is 0 Å². The summed E-state index contributed by atoms with van der Waals surface area (Å²) < 4.78 is 16.9. The Balaban J connectivity index is 1.64. The molecule has 6 heteroatoms. The Morgan fingerprint density at radius 3 is 2.60 bits per heavy atom. The van der Waals surface area contributed by atoms with Crippen molar-refractivity contribution in [3.8, 4) is 5.75 Å². The van der Waals surface area contributed by atoms with E-state index in [0.717, 1.165) is 11.3 Å². The number of amides is 1. The van der Waals surface area contributed by atoms with Crippen molar-refractivity contribution in [2.75, 3.05) is 24.7 Å². The van der Waals surface area contributed by atoms with Crippen LogP contribution in [0.1, 0.15) is 18.1 Å². The molecule has 0 saturated carbocycles. The lowest BCUT2D eigenvalue weighted by Crippen LogP contribution is -2.42. The molecule has 1 saturated heterocycles. The molecule has 2 aromatic carbocycles. The Bertz CT molecular complexity index is 761. The summed E-state index contributed by atoms with van der Waals surface area (Å²) >= 11 is 6.11. The molecule has 1 fully saturated rings. The summed E-state index contributed by atoms with van der Waals surface area (Å²) in [5, 5.41) is 0.572. The van der Waals surface area contributed by atoms with Gasteiger partial charge in [0.25, 0.3) is 5.91 Å². The quantitative estimate of drug-likeness (QED) is 0.837. The summed E-state index contributed by atoms with van der Waals surface area (Å²) in [5.41, 5.74) is 1.54. The van der Waals surface area contributed by atoms with Gasteiger partial charge in [0.1, 0.15) is 5.75 Å². The van der Waals surface area contributed by atoms with E-state index in [1.54, 1.807) is 17.0 Å². The molecule has 1 unspecified atom stereocenters. The number of halogens is 1. The van der Waals surface area contributed by atoms with Crippen molar-refractivity contribution in [3.63, 3.8) is 0 Å². The first-order valence-electron chi connectivity index (χ1n) is 8.28. The fourth-order valence-electron chi connectivity index (χ4n) is 3.12. The third kappa shape index (κ3) is 3.35. The predicted molar refractivity (Wildman–Crippen MR) is 93.9 cm³/mol. The van der Waals surface area contributed by atoms with Crippen molar-refractivity contribution in [2.24, 2.45) is 0 Å². The van der Waals surface area contributed by atoms with Crippen LogP contribution in [-0.2, 0) is 14.3 Å². The number of fused-ring (bicyclic) bond motifs is 1. The topological polar surface area (TPSA) is 48.0 Å². The maximum Gasteiger partial charge on any atom is 0.272 e. The smallest absolute Gasteiger partial charge is 0.272 e. The summed E-state index contributed by atoms with van der Waals surface area (Å²) in [6.07, 6.45) is -0.339. The highest BCUT2D eigenvalue weighted by Crippen LogP contribution is 2.40. The molecule has 0 spiro atoms. The monoisotopic (exact) mass is 359 g/mol. The Labute approximate surface area is 151 Å². The number of carbonyl (C=O) groups is 1. The minimum atomic E-state index is -0.683. The van der Waals surface area contributed by atoms with Crippen LogP contribution in [0.4, 0.5) is 5.69 Å². The second-order valence-corrected chi connectivity index (χ2v) is 6.41. The molecule has 0 N–H and O–H groups in total. The highest BCUT2D eigenvalue weighted by atomic mass is 35.5. The number of anilines is 1. The summed E-state index contributed by atoms with van der Waals surface area (Å²) in [5.74, 6) is 0.508. The van der Waals surface area contributed by atoms with Gasteiger partial charge in [-0.2, -0.15) is 0 Å². The average Bonchev–Trinajstić information content (AvgIpc) is 3.15. The first-order chi connectivity index (χ1) is 12.2. The van der Waals surface area contributed by atoms with Gasteiger partial charge in [0.05, 0.1) is 18.9 Å². The van der Waals surface area contributed by atoms with Crippen LogP contribution >= 0.6 is 11.6 Å². The van der Waals surface area contributed by atoms with Crippen LogP contribution in [0.2, 0.25) is 5.02 Å². The van der Waals surface area contributed by atoms with Crippen molar-refractivity contribution in [1.29, 1.82) is 0 Å². The molecular weight excluding hydrogens is 342 g/mol. The molecule has 130 valence electrons. The molecule has 4 rings (SSSR count). The minimum Gasteiger partial charge on any atom is -0.474 e. The first-order valence-corrected chi connectivity index (χ1v) is 8.66. The lowest BCUT2D eigenvalue weighted by atomic mass is 10.1. The predicted octanol–water partition coefficient (Wildman–Crippen LogP) is 3.57. The molecule has 2 aliphatic rings. The lowest BCUT2D eigenvalue weighted by molar-refractivity contribution is -0.127. The molecule has 0 aromatic heterocycles. The lowest BCUT2D eigenvalue weighted by Gasteiger charge is -2.35. The van der Waals surface area contributed by atoms with Gasteiger partial charge in [-0.25, -0.2) is 0 Å². The summed E-state index contributed by atoms with van der Waals surface area (Å²) in [6.45, 7) is 1.69. The maximum atomic E-state index is 13.1. The first kappa shape index (κ1) is 16.4. The van der Waals surface area contributed by atoms with Gasteiger partial charge in [0.15, 0.2) is 6.29 Å². The average molecular weight is 360 g/mol. The van der Waals surface area contributed by atoms with E-state index in [4.69, 9.17) is 25.8 Å². The minimum absolute atomic E-state index is 0.0981. The van der Waals surface area contributed by atoms with E-state index in [1.807, 2.05) is 36.4 Å². The fraction of sp³-hybridized carbons (Fsp3) is 0.316. The van der Waals surface area contributed by atoms with Crippen LogP contribution in [0.15, 0.2) is 48.5 Å². The van der Waals surface area contributed by atoms with Crippen LogP contribution in [0.3, 0.4) is 0 Å². The van der Waals surface area contributed by atoms with Crippen molar-refractivity contribution in [2.45, 2.75) is 18.8 Å². The molecule has 25 heavy (non-hydrogen) atoms. The summed E-state index contributed by atoms with van der Waals surface area (Å²) in [4.78, 5) is 14.8. The van der Waals surface area contributed by atoms with Gasteiger partial charge in [0, 0.05) is 29.6 Å². The van der Waals surface area contributed by atoms with Gasteiger partial charge in [-0.05, 0) is 12.1 Å². The number of ether oxygens (including phenoxy) is 3. The summed E-state index contributed by atoms with van der Waals surface area (Å²) in [6, 6.07) is 14.8. The van der Waals surface area contributed by atoms with E-state index in [2.05, 4.69) is 0 Å². The number of benzene rings is 2. The largest absolute Gasteiger partial charge is 0.474 e. The molecule has 0 bridgehead atoms. The molecular formula is C19H18ClNO4. The second-order valence-electron chi connectivity index (χ2n) is 5.97. The maximum absolute atomic E-state index is 13.1. The zero-order valence-corrected chi connectivity index (χ0v) is 14.3. The Kier molecular flexibility index (Phi) is 4.61. The van der Waals surface area contributed by atoms with E-state index < -0.39 is 6.10 Å². The highest BCUT2D eigenvalue weighted by molar-refractivity contribution is 6.30. The van der Waals surface area contributed by atoms with Gasteiger partial charge in [-0.3, -0.25) is 4.79 Å². The van der Waals surface area contributed by atoms with Crippen molar-refractivity contribution in [3.05, 3.63) is 59.1 Å². The third-order valence-electron chi connectivity index (χ3n) is 4.33. The highest BCUT2D eigenvalue weighted by Gasteiger charge is 2.36. The van der Waals surface area contributed by atoms with E-state index in [9.17, 15) is 4.79 Å². The van der Waals surface area contributed by atoms with Gasteiger partial charge < -0.3 is 19.1 Å². The third-order valence-corrected chi connectivity index (χ3v) is 4.56. The fourth-order valence-corrected chi connectivity index (χ4v) is 3.28. The second kappa shape index (κ2) is 7.04. The van der Waals surface area contributed by atoms with Crippen LogP contribution in [0, 0.1) is 0 Å². The van der Waals surface area contributed by atoms with Crippen LogP contribution in [0.5, 0.6) is 5.75 Å². The van der Waals surface area contributed by atoms with Crippen molar-refractivity contribution >= 4 is 23.2 Å². The zero-order chi connectivity index (χ0) is 17.2. The molecule has 2 heterocycles. The van der Waals surface area contributed by atoms with Gasteiger partial charge in [-0.1, -0.05) is 41.9 Å². The Morgan fingerprint density at radius 2 is 1.84 bits per heavy atom. The molecule has 1 amide bonds. The Morgan fingerprint density at radius 1 is 1.08 bits per heavy atom. The summed E-state index contributed by atoms with van der Waals surface area (Å²) in [7, 11) is 0. The molecule has 5 nitrogen and oxygen atoms in total. The number of carbonyl (C=O) groups excluding carboxylic acids is 1. The number of rotatable bonds is 4. The van der Waals surface area contributed by atoms with Crippen molar-refractivity contribution < 1.29 is 19.0 Å². The molecule has 2 aromatic rings. The SMILES string of the molecule is O=C1C(c2ccccc2)Oc2cc(Cl)ccc2N1CCC1OCCO1. The van der Waals surface area contributed by atoms with E-state index in [-0.39, 0.29) is 12.2 Å². The molecule has 0 radical (unpaired) electrons. The number of hydrogen-bond donors (Lipinski definition) is 0. The normalized spacial score (nSPS) is 20.4. The van der Waals surface area contributed by atoms with E-state index >= 15 is 0 Å². The van der Waals surface area contributed by atoms with Gasteiger partial charge in [-0.15, -0.1) is 0 Å². The van der Waals surface area contributed by atoms with Crippen molar-refractivity contribution in [1.82, 2.24) is 0 Å². The number of hydrogen-bond acceptors (Lipinski definition) is 4. The van der Waals surface area contributed by atoms with Crippen LogP contribution in [0.25, 0.3) is 0 Å². The van der Waals surface area contributed by atoms with E-state index in [1.165, 1.54) is 0 Å². The number of nitrogens with zero attached hydrogens (tertiary/aromatic N) is 1. The Hall–Kier alpha value is -2.08. The van der Waals surface area contributed by atoms with Crippen LogP contribution in [-0.4, -0.2) is 32.0 Å². The standard InChI is InChI=1S/C19H18ClNO4/c20-14-6-7-15-16(12-14)25-18(13-4-2-1-3-5-13)19(22)21(15)9-8-17-23-10-11-24-17/h1-7,12,17-18H,8-11H2. The zero-order valence-electron chi connectivity index (χ0n) is 13.6. The van der Waals surface area contributed by atoms with Crippen LogP contribution < -0.4 is 9.64 Å². The van der Waals surface area contributed by atoms with E-state index in [0.29, 0.717) is 37.0 Å². The molecule has 1 atom stereocenters. The van der Waals surface area contributed by atoms with Gasteiger partial charge in [0.2, 0.25) is 6.10 Å².